The summed E-state index contributed by atoms with van der Waals surface area (Å²) in [4.78, 5) is 13.7. The Morgan fingerprint density at radius 1 is 1.38 bits per heavy atom. The van der Waals surface area contributed by atoms with Gasteiger partial charge in [0.25, 0.3) is 0 Å². The normalized spacial score (nSPS) is 26.6. The van der Waals surface area contributed by atoms with Crippen molar-refractivity contribution in [3.8, 4) is 0 Å². The van der Waals surface area contributed by atoms with Crippen molar-refractivity contribution in [3.05, 3.63) is 35.9 Å². The molecule has 2 rings (SSSR count). The van der Waals surface area contributed by atoms with E-state index in [9.17, 15) is 4.79 Å². The summed E-state index contributed by atoms with van der Waals surface area (Å²) in [5, 5.41) is 0. The molecule has 2 atom stereocenters. The molecule has 2 unspecified atom stereocenters. The number of piperidine rings is 1. The van der Waals surface area contributed by atoms with Gasteiger partial charge in [-0.3, -0.25) is 4.79 Å². The van der Waals surface area contributed by atoms with E-state index in [-0.39, 0.29) is 17.7 Å². The smallest absolute Gasteiger partial charge is 0.222 e. The van der Waals surface area contributed by atoms with E-state index >= 15 is 0 Å². The second-order valence-electron chi connectivity index (χ2n) is 4.58. The van der Waals surface area contributed by atoms with Gasteiger partial charge in [-0.2, -0.15) is 0 Å². The molecule has 1 aromatic rings. The maximum absolute atomic E-state index is 11.5. The molecular weight excluding hydrogens is 200 g/mol. The first-order valence-electron chi connectivity index (χ1n) is 5.71. The Hall–Kier alpha value is -1.35. The van der Waals surface area contributed by atoms with Gasteiger partial charge in [0.2, 0.25) is 5.91 Å². The van der Waals surface area contributed by atoms with Crippen LogP contribution >= 0.6 is 0 Å². The number of carbonyl (C=O) groups excluding carboxylic acids is 1. The highest BCUT2D eigenvalue weighted by atomic mass is 16.1. The lowest BCUT2D eigenvalue weighted by molar-refractivity contribution is -0.124. The number of nitrogens with two attached hydrogens (primary N) is 1. The predicted molar refractivity (Wildman–Crippen MR) is 64.0 cm³/mol. The van der Waals surface area contributed by atoms with Crippen molar-refractivity contribution < 1.29 is 4.79 Å². The monoisotopic (exact) mass is 218 g/mol. The minimum Gasteiger partial charge on any atom is -0.369 e. The minimum atomic E-state index is -0.180. The quantitative estimate of drug-likeness (QED) is 0.811. The molecule has 16 heavy (non-hydrogen) atoms. The maximum atomic E-state index is 11.5. The van der Waals surface area contributed by atoms with Crippen LogP contribution in [0.15, 0.2) is 30.3 Å². The zero-order chi connectivity index (χ0) is 11.5. The van der Waals surface area contributed by atoms with Crippen LogP contribution in [0, 0.1) is 5.92 Å². The number of rotatable bonds is 2. The Bertz CT molecular complexity index is 363. The number of likely N-dealkylation sites (tertiary alicyclic amines) is 1. The number of carbonyl (C=O) groups is 1. The Balaban J connectivity index is 2.22. The van der Waals surface area contributed by atoms with Gasteiger partial charge in [-0.15, -0.1) is 0 Å². The van der Waals surface area contributed by atoms with Gasteiger partial charge < -0.3 is 10.6 Å². The van der Waals surface area contributed by atoms with Crippen LogP contribution in [0.4, 0.5) is 0 Å². The Labute approximate surface area is 96.2 Å². The highest BCUT2D eigenvalue weighted by Gasteiger charge is 2.32. The molecule has 0 radical (unpaired) electrons. The summed E-state index contributed by atoms with van der Waals surface area (Å²) in [5.41, 5.74) is 6.73. The Kier molecular flexibility index (Phi) is 3.25. The van der Waals surface area contributed by atoms with Gasteiger partial charge in [-0.05, 0) is 31.5 Å². The molecular formula is C13H18N2O. The highest BCUT2D eigenvalue weighted by molar-refractivity contribution is 5.78. The van der Waals surface area contributed by atoms with Crippen LogP contribution < -0.4 is 5.73 Å². The minimum absolute atomic E-state index is 0.0545. The second kappa shape index (κ2) is 4.66. The molecule has 3 heteroatoms. The molecule has 1 aliphatic heterocycles. The van der Waals surface area contributed by atoms with Gasteiger partial charge in [0, 0.05) is 6.54 Å². The third kappa shape index (κ3) is 2.25. The van der Waals surface area contributed by atoms with Crippen LogP contribution in [0.3, 0.4) is 0 Å². The molecule has 1 aromatic carbocycles. The summed E-state index contributed by atoms with van der Waals surface area (Å²) >= 11 is 0. The average molecular weight is 218 g/mol. The van der Waals surface area contributed by atoms with Gasteiger partial charge in [0.1, 0.15) is 0 Å². The number of hydrogen-bond donors (Lipinski definition) is 1. The molecule has 1 heterocycles. The molecule has 1 aliphatic rings. The van der Waals surface area contributed by atoms with E-state index in [2.05, 4.69) is 17.0 Å². The lowest BCUT2D eigenvalue weighted by atomic mass is 9.80. The van der Waals surface area contributed by atoms with E-state index in [4.69, 9.17) is 5.73 Å². The number of benzene rings is 1. The molecule has 0 spiro atoms. The van der Waals surface area contributed by atoms with E-state index in [1.807, 2.05) is 25.2 Å². The summed E-state index contributed by atoms with van der Waals surface area (Å²) in [5.74, 6) is 0.0523. The van der Waals surface area contributed by atoms with Crippen LogP contribution in [0.5, 0.6) is 0 Å². The second-order valence-corrected chi connectivity index (χ2v) is 4.58. The summed E-state index contributed by atoms with van der Waals surface area (Å²) < 4.78 is 0. The van der Waals surface area contributed by atoms with Gasteiger partial charge in [0.15, 0.2) is 0 Å². The standard InChI is InChI=1S/C13H18N2O/c1-15-8-7-11(12(9-15)13(14)16)10-5-3-2-4-6-10/h2-6,11-12H,7-9H2,1H3,(H2,14,16). The number of primary amides is 1. The summed E-state index contributed by atoms with van der Waals surface area (Å²) in [6.45, 7) is 1.80. The number of amides is 1. The topological polar surface area (TPSA) is 46.3 Å². The van der Waals surface area contributed by atoms with Crippen LogP contribution in [0.2, 0.25) is 0 Å². The van der Waals surface area contributed by atoms with E-state index in [1.54, 1.807) is 0 Å². The third-order valence-corrected chi connectivity index (χ3v) is 3.41. The fourth-order valence-electron chi connectivity index (χ4n) is 2.50. The average Bonchev–Trinajstić information content (AvgIpc) is 2.30. The Morgan fingerprint density at radius 2 is 2.06 bits per heavy atom. The van der Waals surface area contributed by atoms with Crippen molar-refractivity contribution in [2.45, 2.75) is 12.3 Å². The third-order valence-electron chi connectivity index (χ3n) is 3.41. The van der Waals surface area contributed by atoms with Gasteiger partial charge in [-0.1, -0.05) is 30.3 Å². The van der Waals surface area contributed by atoms with Crippen LogP contribution in [-0.2, 0) is 4.79 Å². The lowest BCUT2D eigenvalue weighted by Gasteiger charge is -2.35. The number of nitrogens with zero attached hydrogens (tertiary/aromatic N) is 1. The van der Waals surface area contributed by atoms with E-state index in [0.29, 0.717) is 0 Å². The SMILES string of the molecule is CN1CCC(c2ccccc2)C(C(N)=O)C1. The highest BCUT2D eigenvalue weighted by Crippen LogP contribution is 2.32. The molecule has 86 valence electrons. The zero-order valence-corrected chi connectivity index (χ0v) is 9.60. The molecule has 0 saturated carbocycles. The summed E-state index contributed by atoms with van der Waals surface area (Å²) in [6, 6.07) is 10.2. The fourth-order valence-corrected chi connectivity index (χ4v) is 2.50. The summed E-state index contributed by atoms with van der Waals surface area (Å²) in [6.07, 6.45) is 1.01. The van der Waals surface area contributed by atoms with Gasteiger partial charge in [0.05, 0.1) is 5.92 Å². The largest absolute Gasteiger partial charge is 0.369 e. The fraction of sp³-hybridized carbons (Fsp3) is 0.462. The van der Waals surface area contributed by atoms with Crippen LogP contribution in [0.1, 0.15) is 17.9 Å². The molecule has 1 amide bonds. The van der Waals surface area contributed by atoms with Crippen LogP contribution in [-0.4, -0.2) is 30.9 Å². The first kappa shape index (κ1) is 11.1. The maximum Gasteiger partial charge on any atom is 0.222 e. The molecule has 3 nitrogen and oxygen atoms in total. The molecule has 0 bridgehead atoms. The Morgan fingerprint density at radius 3 is 2.69 bits per heavy atom. The predicted octanol–water partition coefficient (Wildman–Crippen LogP) is 1.21. The summed E-state index contributed by atoms with van der Waals surface area (Å²) in [7, 11) is 2.04. The van der Waals surface area contributed by atoms with E-state index in [1.165, 1.54) is 5.56 Å². The molecule has 0 aliphatic carbocycles. The molecule has 0 aromatic heterocycles. The van der Waals surface area contributed by atoms with Crippen molar-refractivity contribution >= 4 is 5.91 Å². The van der Waals surface area contributed by atoms with Crippen molar-refractivity contribution in [2.24, 2.45) is 11.7 Å². The molecule has 2 N–H and O–H groups in total. The van der Waals surface area contributed by atoms with E-state index in [0.717, 1.165) is 19.5 Å². The van der Waals surface area contributed by atoms with E-state index < -0.39 is 0 Å². The zero-order valence-electron chi connectivity index (χ0n) is 9.60. The van der Waals surface area contributed by atoms with Gasteiger partial charge >= 0.3 is 0 Å². The first-order chi connectivity index (χ1) is 7.68. The molecule has 1 fully saturated rings. The van der Waals surface area contributed by atoms with Crippen molar-refractivity contribution in [3.63, 3.8) is 0 Å². The number of hydrogen-bond acceptors (Lipinski definition) is 2. The van der Waals surface area contributed by atoms with Crippen molar-refractivity contribution in [1.82, 2.24) is 4.90 Å². The van der Waals surface area contributed by atoms with Gasteiger partial charge in [-0.25, -0.2) is 0 Å². The lowest BCUT2D eigenvalue weighted by Crippen LogP contribution is -2.43. The van der Waals surface area contributed by atoms with Crippen molar-refractivity contribution in [1.29, 1.82) is 0 Å². The first-order valence-corrected chi connectivity index (χ1v) is 5.71. The molecule has 1 saturated heterocycles. The van der Waals surface area contributed by atoms with Crippen LogP contribution in [0.25, 0.3) is 0 Å². The van der Waals surface area contributed by atoms with Crippen molar-refractivity contribution in [2.75, 3.05) is 20.1 Å².